The van der Waals surface area contributed by atoms with Gasteiger partial charge in [0.15, 0.2) is 5.76 Å². The highest BCUT2D eigenvalue weighted by Crippen LogP contribution is 2.21. The standard InChI is InChI=1S/C25H27N3O3/c1-30-20-14-12-19(13-15-20)18-28-22-9-5-4-8-21(22)27-24(28)11-3-2-6-16-26-25(29)23-10-7-17-31-23/h4-5,7-10,12-15,17H,2-3,6,11,16,18H2,1H3,(H,26,29). The average Bonchev–Trinajstić information content (AvgIpc) is 3.45. The van der Waals surface area contributed by atoms with Crippen LogP contribution in [0.2, 0.25) is 0 Å². The van der Waals surface area contributed by atoms with Gasteiger partial charge in [0.25, 0.3) is 5.91 Å². The Morgan fingerprint density at radius 2 is 1.87 bits per heavy atom. The highest BCUT2D eigenvalue weighted by molar-refractivity contribution is 5.91. The molecule has 1 amide bonds. The maximum Gasteiger partial charge on any atom is 0.286 e. The van der Waals surface area contributed by atoms with Gasteiger partial charge in [0.2, 0.25) is 0 Å². The Balaban J connectivity index is 1.34. The molecular weight excluding hydrogens is 390 g/mol. The number of unbranched alkanes of at least 4 members (excludes halogenated alkanes) is 2. The molecule has 0 aliphatic heterocycles. The summed E-state index contributed by atoms with van der Waals surface area (Å²) in [6.45, 7) is 1.42. The number of hydrogen-bond acceptors (Lipinski definition) is 4. The first-order valence-corrected chi connectivity index (χ1v) is 10.6. The molecule has 0 bridgehead atoms. The third-order valence-corrected chi connectivity index (χ3v) is 5.34. The number of benzene rings is 2. The van der Waals surface area contributed by atoms with Crippen LogP contribution in [-0.2, 0) is 13.0 Å². The molecule has 0 aliphatic carbocycles. The van der Waals surface area contributed by atoms with Crippen LogP contribution < -0.4 is 10.1 Å². The zero-order valence-corrected chi connectivity index (χ0v) is 17.7. The molecule has 0 unspecified atom stereocenters. The minimum absolute atomic E-state index is 0.161. The van der Waals surface area contributed by atoms with Gasteiger partial charge < -0.3 is 19.0 Å². The number of aryl methyl sites for hydroxylation is 1. The number of amides is 1. The van der Waals surface area contributed by atoms with Gasteiger partial charge in [0.05, 0.1) is 24.4 Å². The Morgan fingerprint density at radius 1 is 1.03 bits per heavy atom. The van der Waals surface area contributed by atoms with Crippen molar-refractivity contribution < 1.29 is 13.9 Å². The van der Waals surface area contributed by atoms with Gasteiger partial charge in [0.1, 0.15) is 11.6 Å². The van der Waals surface area contributed by atoms with Crippen LogP contribution in [0, 0.1) is 0 Å². The van der Waals surface area contributed by atoms with Crippen molar-refractivity contribution in [1.82, 2.24) is 14.9 Å². The lowest BCUT2D eigenvalue weighted by atomic mass is 10.1. The molecule has 2 aromatic heterocycles. The van der Waals surface area contributed by atoms with E-state index in [1.165, 1.54) is 11.8 Å². The van der Waals surface area contributed by atoms with E-state index in [9.17, 15) is 4.79 Å². The summed E-state index contributed by atoms with van der Waals surface area (Å²) in [5.74, 6) is 2.15. The summed E-state index contributed by atoms with van der Waals surface area (Å²) in [4.78, 5) is 16.8. The number of carbonyl (C=O) groups is 1. The van der Waals surface area contributed by atoms with E-state index in [1.54, 1.807) is 19.2 Å². The summed E-state index contributed by atoms with van der Waals surface area (Å²) in [5.41, 5.74) is 3.39. The first kappa shape index (κ1) is 20.7. The number of imidazole rings is 1. The van der Waals surface area contributed by atoms with E-state index in [2.05, 4.69) is 40.2 Å². The van der Waals surface area contributed by atoms with E-state index in [-0.39, 0.29) is 5.91 Å². The fraction of sp³-hybridized carbons (Fsp3) is 0.280. The van der Waals surface area contributed by atoms with Gasteiger partial charge in [-0.25, -0.2) is 4.98 Å². The van der Waals surface area contributed by atoms with Crippen LogP contribution in [0.3, 0.4) is 0 Å². The quantitative estimate of drug-likeness (QED) is 0.375. The topological polar surface area (TPSA) is 69.3 Å². The number of methoxy groups -OCH3 is 1. The zero-order valence-electron chi connectivity index (χ0n) is 17.7. The maximum atomic E-state index is 11.9. The minimum atomic E-state index is -0.161. The molecule has 2 aromatic carbocycles. The van der Waals surface area contributed by atoms with Crippen LogP contribution in [0.4, 0.5) is 0 Å². The lowest BCUT2D eigenvalue weighted by Gasteiger charge is -2.10. The fourth-order valence-corrected chi connectivity index (χ4v) is 3.69. The lowest BCUT2D eigenvalue weighted by molar-refractivity contribution is 0.0925. The lowest BCUT2D eigenvalue weighted by Crippen LogP contribution is -2.23. The van der Waals surface area contributed by atoms with E-state index < -0.39 is 0 Å². The van der Waals surface area contributed by atoms with Gasteiger partial charge in [-0.1, -0.05) is 30.7 Å². The van der Waals surface area contributed by atoms with Gasteiger partial charge in [-0.05, 0) is 54.8 Å². The summed E-state index contributed by atoms with van der Waals surface area (Å²) in [6, 6.07) is 19.8. The minimum Gasteiger partial charge on any atom is -0.497 e. The molecule has 6 heteroatoms. The normalized spacial score (nSPS) is 11.0. The molecule has 2 heterocycles. The Labute approximate surface area is 181 Å². The van der Waals surface area contributed by atoms with Crippen molar-refractivity contribution >= 4 is 16.9 Å². The number of nitrogens with one attached hydrogen (secondary N) is 1. The van der Waals surface area contributed by atoms with Gasteiger partial charge in [-0.2, -0.15) is 0 Å². The van der Waals surface area contributed by atoms with Crippen molar-refractivity contribution in [2.24, 2.45) is 0 Å². The van der Waals surface area contributed by atoms with Crippen LogP contribution in [0.5, 0.6) is 5.75 Å². The number of nitrogens with zero attached hydrogens (tertiary/aromatic N) is 2. The van der Waals surface area contributed by atoms with Gasteiger partial charge >= 0.3 is 0 Å². The highest BCUT2D eigenvalue weighted by Gasteiger charge is 2.11. The Hall–Kier alpha value is -3.54. The predicted molar refractivity (Wildman–Crippen MR) is 120 cm³/mol. The summed E-state index contributed by atoms with van der Waals surface area (Å²) < 4.78 is 12.7. The number of furan rings is 1. The molecule has 6 nitrogen and oxygen atoms in total. The second-order valence-electron chi connectivity index (χ2n) is 7.49. The molecule has 0 radical (unpaired) electrons. The van der Waals surface area contributed by atoms with E-state index >= 15 is 0 Å². The number of rotatable bonds is 10. The molecule has 0 saturated carbocycles. The number of hydrogen-bond donors (Lipinski definition) is 1. The Kier molecular flexibility index (Phi) is 6.67. The first-order chi connectivity index (χ1) is 15.2. The van der Waals surface area contributed by atoms with Crippen molar-refractivity contribution in [3.63, 3.8) is 0 Å². The van der Waals surface area contributed by atoms with Gasteiger partial charge in [-0.15, -0.1) is 0 Å². The molecule has 31 heavy (non-hydrogen) atoms. The van der Waals surface area contributed by atoms with Crippen LogP contribution in [0.15, 0.2) is 71.3 Å². The van der Waals surface area contributed by atoms with Crippen molar-refractivity contribution in [2.45, 2.75) is 32.2 Å². The molecule has 4 aromatic rings. The SMILES string of the molecule is COc1ccc(Cn2c(CCCCCNC(=O)c3ccco3)nc3ccccc32)cc1. The monoisotopic (exact) mass is 417 g/mol. The molecule has 0 fully saturated rings. The predicted octanol–water partition coefficient (Wildman–Crippen LogP) is 4.83. The largest absolute Gasteiger partial charge is 0.497 e. The average molecular weight is 418 g/mol. The fourth-order valence-electron chi connectivity index (χ4n) is 3.69. The molecule has 4 rings (SSSR count). The Morgan fingerprint density at radius 3 is 2.65 bits per heavy atom. The zero-order chi connectivity index (χ0) is 21.5. The summed E-state index contributed by atoms with van der Waals surface area (Å²) in [6.07, 6.45) is 5.36. The smallest absolute Gasteiger partial charge is 0.286 e. The first-order valence-electron chi connectivity index (χ1n) is 10.6. The van der Waals surface area contributed by atoms with Crippen molar-refractivity contribution in [2.75, 3.05) is 13.7 Å². The molecular formula is C25H27N3O3. The second kappa shape index (κ2) is 9.98. The maximum absolute atomic E-state index is 11.9. The van der Waals surface area contributed by atoms with Crippen LogP contribution in [0.25, 0.3) is 11.0 Å². The third kappa shape index (κ3) is 5.15. The number of carbonyl (C=O) groups excluding carboxylic acids is 1. The van der Waals surface area contributed by atoms with Crippen molar-refractivity contribution in [1.29, 1.82) is 0 Å². The van der Waals surface area contributed by atoms with E-state index in [4.69, 9.17) is 14.1 Å². The van der Waals surface area contributed by atoms with E-state index in [1.807, 2.05) is 18.2 Å². The molecule has 160 valence electrons. The summed E-state index contributed by atoms with van der Waals surface area (Å²) in [5, 5.41) is 2.89. The number of para-hydroxylation sites is 2. The van der Waals surface area contributed by atoms with Crippen LogP contribution in [-0.4, -0.2) is 29.1 Å². The van der Waals surface area contributed by atoms with Crippen molar-refractivity contribution in [3.8, 4) is 5.75 Å². The molecule has 0 aliphatic rings. The summed E-state index contributed by atoms with van der Waals surface area (Å²) in [7, 11) is 1.68. The number of aromatic nitrogens is 2. The van der Waals surface area contributed by atoms with E-state index in [0.717, 1.165) is 54.8 Å². The van der Waals surface area contributed by atoms with E-state index in [0.29, 0.717) is 12.3 Å². The van der Waals surface area contributed by atoms with Crippen molar-refractivity contribution in [3.05, 3.63) is 84.1 Å². The summed E-state index contributed by atoms with van der Waals surface area (Å²) >= 11 is 0. The molecule has 0 saturated heterocycles. The van der Waals surface area contributed by atoms with Crippen LogP contribution >= 0.6 is 0 Å². The van der Waals surface area contributed by atoms with Gasteiger partial charge in [-0.3, -0.25) is 4.79 Å². The number of ether oxygens (including phenoxy) is 1. The highest BCUT2D eigenvalue weighted by atomic mass is 16.5. The molecule has 0 spiro atoms. The second-order valence-corrected chi connectivity index (χ2v) is 7.49. The number of fused-ring (bicyclic) bond motifs is 1. The Bertz CT molecular complexity index is 1110. The molecule has 0 atom stereocenters. The van der Waals surface area contributed by atoms with Gasteiger partial charge in [0, 0.05) is 19.5 Å². The molecule has 1 N–H and O–H groups in total. The third-order valence-electron chi connectivity index (χ3n) is 5.34. The van der Waals surface area contributed by atoms with Crippen LogP contribution in [0.1, 0.15) is 41.2 Å².